The van der Waals surface area contributed by atoms with Gasteiger partial charge in [-0.2, -0.15) is 0 Å². The number of aldehydes is 1. The van der Waals surface area contributed by atoms with Crippen LogP contribution in [0.4, 0.5) is 0 Å². The lowest BCUT2D eigenvalue weighted by atomic mass is 10.1. The van der Waals surface area contributed by atoms with Gasteiger partial charge in [-0.1, -0.05) is 25.1 Å². The highest BCUT2D eigenvalue weighted by atomic mass is 35.5. The van der Waals surface area contributed by atoms with Crippen molar-refractivity contribution in [2.75, 3.05) is 27.2 Å². The molecule has 0 aromatic heterocycles. The van der Waals surface area contributed by atoms with Gasteiger partial charge in [-0.25, -0.2) is 0 Å². The molecule has 0 saturated heterocycles. The maximum atomic E-state index is 12.0. The third-order valence-electron chi connectivity index (χ3n) is 3.96. The van der Waals surface area contributed by atoms with Gasteiger partial charge in [0.2, 0.25) is 0 Å². The molecule has 1 unspecified atom stereocenters. The van der Waals surface area contributed by atoms with Crippen LogP contribution in [0.1, 0.15) is 43.5 Å². The van der Waals surface area contributed by atoms with Crippen LogP contribution in [0.15, 0.2) is 48.3 Å². The summed E-state index contributed by atoms with van der Waals surface area (Å²) in [7, 11) is 3.71. The van der Waals surface area contributed by atoms with Crippen molar-refractivity contribution in [1.29, 1.82) is 0 Å². The Bertz CT molecular complexity index is 645. The van der Waals surface area contributed by atoms with Crippen molar-refractivity contribution in [2.45, 2.75) is 39.2 Å². The summed E-state index contributed by atoms with van der Waals surface area (Å²) < 4.78 is 0. The Balaban J connectivity index is 0.000000665. The second-order valence-corrected chi connectivity index (χ2v) is 7.04. The third kappa shape index (κ3) is 13.6. The van der Waals surface area contributed by atoms with Crippen LogP contribution in [-0.2, 0) is 4.79 Å². The molecule has 0 heterocycles. The topological polar surface area (TPSA) is 82.3 Å². The van der Waals surface area contributed by atoms with E-state index in [-0.39, 0.29) is 12.3 Å². The van der Waals surface area contributed by atoms with Gasteiger partial charge in [0, 0.05) is 42.0 Å². The molecule has 6 nitrogen and oxygen atoms in total. The molecule has 1 atom stereocenters. The van der Waals surface area contributed by atoms with Crippen molar-refractivity contribution in [3.05, 3.63) is 58.9 Å². The van der Waals surface area contributed by atoms with Gasteiger partial charge < -0.3 is 21.3 Å². The number of rotatable bonds is 12. The third-order valence-corrected chi connectivity index (χ3v) is 4.21. The summed E-state index contributed by atoms with van der Waals surface area (Å²) in [4.78, 5) is 22.5. The Morgan fingerprint density at radius 1 is 1.21 bits per heavy atom. The molecule has 0 saturated carbocycles. The molecular weight excluding hydrogens is 388 g/mol. The maximum absolute atomic E-state index is 12.0. The Morgan fingerprint density at radius 2 is 1.86 bits per heavy atom. The fourth-order valence-electron chi connectivity index (χ4n) is 2.18. The Hall–Kier alpha value is -2.15. The Labute approximate surface area is 180 Å². The van der Waals surface area contributed by atoms with Crippen molar-refractivity contribution in [2.24, 2.45) is 0 Å². The molecule has 1 aromatic carbocycles. The van der Waals surface area contributed by atoms with Crippen LogP contribution in [0, 0.1) is 0 Å². The molecule has 29 heavy (non-hydrogen) atoms. The minimum atomic E-state index is -0.267. The van der Waals surface area contributed by atoms with E-state index in [0.29, 0.717) is 34.2 Å². The predicted octanol–water partition coefficient (Wildman–Crippen LogP) is 3.26. The first kappa shape index (κ1) is 26.9. The molecule has 7 heteroatoms. The second-order valence-electron chi connectivity index (χ2n) is 6.60. The van der Waals surface area contributed by atoms with Gasteiger partial charge in [0.15, 0.2) is 0 Å². The summed E-state index contributed by atoms with van der Waals surface area (Å²) in [5.41, 5.74) is 1.44. The van der Waals surface area contributed by atoms with Gasteiger partial charge in [0.25, 0.3) is 5.91 Å². The van der Waals surface area contributed by atoms with Crippen LogP contribution in [-0.4, -0.2) is 45.4 Å². The number of hydrogen-bond donors (Lipinski definition) is 4. The van der Waals surface area contributed by atoms with Crippen LogP contribution in [0.5, 0.6) is 0 Å². The van der Waals surface area contributed by atoms with Crippen molar-refractivity contribution >= 4 is 23.8 Å². The zero-order valence-electron chi connectivity index (χ0n) is 18.0. The molecule has 1 rings (SSSR count). The summed E-state index contributed by atoms with van der Waals surface area (Å²) in [6.45, 7) is 10.3. The molecule has 1 amide bonds. The first-order chi connectivity index (χ1) is 13.9. The van der Waals surface area contributed by atoms with E-state index in [2.05, 4.69) is 41.7 Å². The second kappa shape index (κ2) is 16.8. The fourth-order valence-corrected chi connectivity index (χ4v) is 2.30. The molecule has 0 bridgehead atoms. The predicted molar refractivity (Wildman–Crippen MR) is 122 cm³/mol. The Morgan fingerprint density at radius 3 is 2.38 bits per heavy atom. The SMILES string of the molecule is C=C(C=O)C/C(=C\NC)NC(=O)c1ccc(Cl)cc1.CCCNCCC(C)NC. The molecule has 162 valence electrons. The van der Waals surface area contributed by atoms with Crippen LogP contribution in [0.3, 0.4) is 0 Å². The zero-order chi connectivity index (χ0) is 22.1. The molecular formula is C22H35ClN4O2. The summed E-state index contributed by atoms with van der Waals surface area (Å²) in [5, 5.41) is 12.7. The van der Waals surface area contributed by atoms with Crippen LogP contribution >= 0.6 is 11.6 Å². The smallest absolute Gasteiger partial charge is 0.255 e. The van der Waals surface area contributed by atoms with Gasteiger partial charge in [-0.3, -0.25) is 9.59 Å². The standard InChI is InChI=1S/C14H15ClN2O2.C8H20N2/c1-10(9-18)7-13(8-16-2)17-14(19)11-3-5-12(15)6-4-11;1-4-6-10-7-5-8(2)9-3/h3-6,8-9,16H,1,7H2,2H3,(H,17,19);8-10H,4-7H2,1-3H3/b13-8+;. The number of nitrogens with one attached hydrogen (secondary N) is 4. The number of benzene rings is 1. The fraction of sp³-hybridized carbons (Fsp3) is 0.455. The molecule has 4 N–H and O–H groups in total. The van der Waals surface area contributed by atoms with E-state index in [1.807, 2.05) is 7.05 Å². The van der Waals surface area contributed by atoms with Gasteiger partial charge in [-0.05, 0) is 69.7 Å². The van der Waals surface area contributed by atoms with E-state index in [4.69, 9.17) is 11.6 Å². The van der Waals surface area contributed by atoms with Crippen LogP contribution in [0.2, 0.25) is 5.02 Å². The highest BCUT2D eigenvalue weighted by molar-refractivity contribution is 6.30. The summed E-state index contributed by atoms with van der Waals surface area (Å²) in [5.74, 6) is -0.267. The van der Waals surface area contributed by atoms with E-state index < -0.39 is 0 Å². The van der Waals surface area contributed by atoms with Crippen molar-refractivity contribution in [3.63, 3.8) is 0 Å². The lowest BCUT2D eigenvalue weighted by Crippen LogP contribution is -2.27. The highest BCUT2D eigenvalue weighted by Crippen LogP contribution is 2.11. The summed E-state index contributed by atoms with van der Waals surface area (Å²) >= 11 is 5.76. The molecule has 0 aliphatic heterocycles. The van der Waals surface area contributed by atoms with Crippen LogP contribution in [0.25, 0.3) is 0 Å². The number of carbonyl (C=O) groups excluding carboxylic acids is 2. The van der Waals surface area contributed by atoms with Gasteiger partial charge in [0.05, 0.1) is 0 Å². The van der Waals surface area contributed by atoms with E-state index in [1.165, 1.54) is 12.8 Å². The molecule has 0 aliphatic rings. The minimum absolute atomic E-state index is 0.267. The summed E-state index contributed by atoms with van der Waals surface area (Å²) in [6, 6.07) is 7.18. The van der Waals surface area contributed by atoms with Gasteiger partial charge in [-0.15, -0.1) is 0 Å². The van der Waals surface area contributed by atoms with Crippen molar-refractivity contribution in [1.82, 2.24) is 21.3 Å². The van der Waals surface area contributed by atoms with Crippen molar-refractivity contribution < 1.29 is 9.59 Å². The minimum Gasteiger partial charge on any atom is -0.393 e. The molecule has 0 radical (unpaired) electrons. The average molecular weight is 423 g/mol. The van der Waals surface area contributed by atoms with E-state index in [0.717, 1.165) is 13.1 Å². The lowest BCUT2D eigenvalue weighted by Gasteiger charge is -2.09. The van der Waals surface area contributed by atoms with Gasteiger partial charge in [0.1, 0.15) is 6.29 Å². The van der Waals surface area contributed by atoms with E-state index >= 15 is 0 Å². The molecule has 0 aliphatic carbocycles. The average Bonchev–Trinajstić information content (AvgIpc) is 2.72. The number of halogens is 1. The van der Waals surface area contributed by atoms with Gasteiger partial charge >= 0.3 is 0 Å². The van der Waals surface area contributed by atoms with E-state index in [9.17, 15) is 9.59 Å². The zero-order valence-corrected chi connectivity index (χ0v) is 18.7. The summed E-state index contributed by atoms with van der Waals surface area (Å²) in [6.07, 6.45) is 5.01. The monoisotopic (exact) mass is 422 g/mol. The number of amides is 1. The molecule has 0 fully saturated rings. The normalized spacial score (nSPS) is 11.7. The highest BCUT2D eigenvalue weighted by Gasteiger charge is 2.08. The first-order valence-electron chi connectivity index (χ1n) is 9.82. The quantitative estimate of drug-likeness (QED) is 0.236. The van der Waals surface area contributed by atoms with Crippen molar-refractivity contribution in [3.8, 4) is 0 Å². The Kier molecular flexibility index (Phi) is 15.5. The molecule has 0 spiro atoms. The molecule has 1 aromatic rings. The van der Waals surface area contributed by atoms with Crippen LogP contribution < -0.4 is 21.3 Å². The largest absolute Gasteiger partial charge is 0.393 e. The first-order valence-corrected chi connectivity index (χ1v) is 10.2. The number of allylic oxidation sites excluding steroid dienone is 1. The lowest BCUT2D eigenvalue weighted by molar-refractivity contribution is -0.105. The number of hydrogen-bond acceptors (Lipinski definition) is 5. The number of carbonyl (C=O) groups is 2. The van der Waals surface area contributed by atoms with E-state index in [1.54, 1.807) is 37.5 Å². The maximum Gasteiger partial charge on any atom is 0.255 e.